The summed E-state index contributed by atoms with van der Waals surface area (Å²) in [5.74, 6) is 1.08. The third-order valence-corrected chi connectivity index (χ3v) is 4.48. The van der Waals surface area contributed by atoms with E-state index in [2.05, 4.69) is 78.2 Å². The van der Waals surface area contributed by atoms with Crippen LogP contribution in [0.3, 0.4) is 0 Å². The number of aryl methyl sites for hydroxylation is 2. The van der Waals surface area contributed by atoms with Crippen molar-refractivity contribution >= 4 is 0 Å². The molecule has 25 heavy (non-hydrogen) atoms. The maximum absolute atomic E-state index is 9.42. The zero-order chi connectivity index (χ0) is 19.0. The van der Waals surface area contributed by atoms with Crippen LogP contribution in [0.15, 0.2) is 18.2 Å². The Kier molecular flexibility index (Phi) is 5.14. The van der Waals surface area contributed by atoms with E-state index >= 15 is 0 Å². The van der Waals surface area contributed by atoms with E-state index in [1.807, 2.05) is 6.07 Å². The van der Waals surface area contributed by atoms with Gasteiger partial charge in [0.15, 0.2) is 0 Å². The Morgan fingerprint density at radius 1 is 1.08 bits per heavy atom. The minimum Gasteiger partial charge on any atom is -0.331 e. The van der Waals surface area contributed by atoms with E-state index < -0.39 is 0 Å². The first-order chi connectivity index (χ1) is 11.4. The van der Waals surface area contributed by atoms with Crippen LogP contribution >= 0.6 is 0 Å². The molecule has 3 heteroatoms. The topological polar surface area (TPSA) is 41.6 Å². The van der Waals surface area contributed by atoms with E-state index in [1.165, 1.54) is 11.3 Å². The molecule has 1 aromatic heterocycles. The minimum atomic E-state index is -0.0440. The molecule has 0 aliphatic carbocycles. The summed E-state index contributed by atoms with van der Waals surface area (Å²) < 4.78 is 2.35. The Bertz CT molecular complexity index is 806. The van der Waals surface area contributed by atoms with Crippen LogP contribution in [0.2, 0.25) is 0 Å². The first-order valence-electron chi connectivity index (χ1n) is 8.98. The minimum absolute atomic E-state index is 0.0440. The van der Waals surface area contributed by atoms with Crippen molar-refractivity contribution in [3.63, 3.8) is 0 Å². The van der Waals surface area contributed by atoms with Gasteiger partial charge in [-0.15, -0.1) is 0 Å². The van der Waals surface area contributed by atoms with Gasteiger partial charge >= 0.3 is 0 Å². The van der Waals surface area contributed by atoms with E-state index in [9.17, 15) is 5.26 Å². The van der Waals surface area contributed by atoms with E-state index in [0.29, 0.717) is 0 Å². The van der Waals surface area contributed by atoms with E-state index in [-0.39, 0.29) is 10.8 Å². The first kappa shape index (κ1) is 19.2. The normalized spacial score (nSPS) is 12.3. The summed E-state index contributed by atoms with van der Waals surface area (Å²) in [7, 11) is 0. The SMILES string of the molecule is Cc1nc(C)n(CC(C)(C)C)c1Cc1ccc(C#N)c(C(C)(C)C)c1. The van der Waals surface area contributed by atoms with Crippen LogP contribution in [0.4, 0.5) is 0 Å². The van der Waals surface area contributed by atoms with Crippen molar-refractivity contribution in [1.82, 2.24) is 9.55 Å². The summed E-state index contributed by atoms with van der Waals surface area (Å²) in [6.45, 7) is 18.4. The number of nitrogens with zero attached hydrogens (tertiary/aromatic N) is 3. The van der Waals surface area contributed by atoms with Crippen molar-refractivity contribution < 1.29 is 0 Å². The largest absolute Gasteiger partial charge is 0.331 e. The zero-order valence-electron chi connectivity index (χ0n) is 17.0. The highest BCUT2D eigenvalue weighted by Gasteiger charge is 2.21. The second kappa shape index (κ2) is 6.67. The van der Waals surface area contributed by atoms with Crippen LogP contribution < -0.4 is 0 Å². The second-order valence-corrected chi connectivity index (χ2v) is 9.26. The van der Waals surface area contributed by atoms with Crippen molar-refractivity contribution in [2.75, 3.05) is 0 Å². The molecule has 1 heterocycles. The number of rotatable bonds is 3. The van der Waals surface area contributed by atoms with Crippen LogP contribution in [-0.4, -0.2) is 9.55 Å². The number of aromatic nitrogens is 2. The lowest BCUT2D eigenvalue weighted by Crippen LogP contribution is -2.19. The molecule has 0 radical (unpaired) electrons. The molecule has 0 aliphatic heterocycles. The van der Waals surface area contributed by atoms with E-state index in [1.54, 1.807) is 0 Å². The van der Waals surface area contributed by atoms with E-state index in [4.69, 9.17) is 4.98 Å². The Hall–Kier alpha value is -2.08. The highest BCUT2D eigenvalue weighted by atomic mass is 15.1. The Morgan fingerprint density at radius 3 is 2.24 bits per heavy atom. The van der Waals surface area contributed by atoms with Crippen LogP contribution in [-0.2, 0) is 18.4 Å². The van der Waals surface area contributed by atoms with Crippen molar-refractivity contribution in [1.29, 1.82) is 5.26 Å². The van der Waals surface area contributed by atoms with Gasteiger partial charge in [-0.2, -0.15) is 5.26 Å². The summed E-state index contributed by atoms with van der Waals surface area (Å²) in [4.78, 5) is 4.71. The molecule has 0 spiro atoms. The Labute approximate surface area is 152 Å². The van der Waals surface area contributed by atoms with Crippen molar-refractivity contribution in [2.24, 2.45) is 5.41 Å². The molecule has 0 atom stereocenters. The fraction of sp³-hybridized carbons (Fsp3) is 0.545. The molecule has 0 saturated heterocycles. The monoisotopic (exact) mass is 337 g/mol. The molecule has 3 nitrogen and oxygen atoms in total. The number of hydrogen-bond donors (Lipinski definition) is 0. The number of benzene rings is 1. The molecular formula is C22H31N3. The lowest BCUT2D eigenvalue weighted by Gasteiger charge is -2.23. The van der Waals surface area contributed by atoms with Gasteiger partial charge in [-0.3, -0.25) is 0 Å². The number of hydrogen-bond acceptors (Lipinski definition) is 2. The standard InChI is InChI=1S/C22H31N3/c1-15-20(25(16(2)24-15)14-21(3,4)5)12-17-9-10-18(13-23)19(11-17)22(6,7)8/h9-11H,12,14H2,1-8H3. The summed E-state index contributed by atoms with van der Waals surface area (Å²) in [6.07, 6.45) is 0.845. The molecule has 0 unspecified atom stereocenters. The smallest absolute Gasteiger partial charge is 0.106 e. The van der Waals surface area contributed by atoms with Gasteiger partial charge < -0.3 is 4.57 Å². The predicted molar refractivity (Wildman–Crippen MR) is 104 cm³/mol. The van der Waals surface area contributed by atoms with Crippen molar-refractivity contribution in [3.8, 4) is 6.07 Å². The number of imidazole rings is 1. The third-order valence-electron chi connectivity index (χ3n) is 4.48. The molecule has 0 N–H and O–H groups in total. The molecule has 2 rings (SSSR count). The lowest BCUT2D eigenvalue weighted by atomic mass is 9.82. The highest BCUT2D eigenvalue weighted by molar-refractivity contribution is 5.45. The molecule has 1 aromatic carbocycles. The fourth-order valence-electron chi connectivity index (χ4n) is 3.28. The van der Waals surface area contributed by atoms with Gasteiger partial charge in [0.1, 0.15) is 5.82 Å². The molecule has 0 amide bonds. The molecule has 0 aliphatic rings. The van der Waals surface area contributed by atoms with E-state index in [0.717, 1.165) is 35.6 Å². The van der Waals surface area contributed by atoms with Crippen LogP contribution in [0, 0.1) is 30.6 Å². The molecule has 2 aromatic rings. The van der Waals surface area contributed by atoms with Gasteiger partial charge in [-0.25, -0.2) is 4.98 Å². The van der Waals surface area contributed by atoms with Crippen LogP contribution in [0.1, 0.15) is 75.4 Å². The third kappa shape index (κ3) is 4.51. The van der Waals surface area contributed by atoms with Gasteiger partial charge in [0, 0.05) is 18.7 Å². The van der Waals surface area contributed by atoms with Gasteiger partial charge in [-0.05, 0) is 41.9 Å². The average Bonchev–Trinajstić information content (AvgIpc) is 2.71. The molecule has 0 bridgehead atoms. The van der Waals surface area contributed by atoms with Crippen molar-refractivity contribution in [2.45, 2.75) is 73.8 Å². The summed E-state index contributed by atoms with van der Waals surface area (Å²) in [5.41, 5.74) is 5.66. The average molecular weight is 338 g/mol. The summed E-state index contributed by atoms with van der Waals surface area (Å²) in [6, 6.07) is 8.57. The Morgan fingerprint density at radius 2 is 1.72 bits per heavy atom. The highest BCUT2D eigenvalue weighted by Crippen LogP contribution is 2.28. The number of nitriles is 1. The van der Waals surface area contributed by atoms with Crippen molar-refractivity contribution in [3.05, 3.63) is 52.1 Å². The second-order valence-electron chi connectivity index (χ2n) is 9.26. The molecular weight excluding hydrogens is 306 g/mol. The zero-order valence-corrected chi connectivity index (χ0v) is 17.0. The van der Waals surface area contributed by atoms with Gasteiger partial charge in [0.25, 0.3) is 0 Å². The van der Waals surface area contributed by atoms with Gasteiger partial charge in [-0.1, -0.05) is 53.7 Å². The maximum atomic E-state index is 9.42. The first-order valence-corrected chi connectivity index (χ1v) is 8.98. The van der Waals surface area contributed by atoms with Crippen LogP contribution in [0.5, 0.6) is 0 Å². The maximum Gasteiger partial charge on any atom is 0.106 e. The summed E-state index contributed by atoms with van der Waals surface area (Å²) >= 11 is 0. The molecule has 0 saturated carbocycles. The van der Waals surface area contributed by atoms with Gasteiger partial charge in [0.2, 0.25) is 0 Å². The molecule has 0 fully saturated rings. The van der Waals surface area contributed by atoms with Gasteiger partial charge in [0.05, 0.1) is 17.3 Å². The Balaban J connectivity index is 2.46. The van der Waals surface area contributed by atoms with Crippen LogP contribution in [0.25, 0.3) is 0 Å². The molecule has 134 valence electrons. The quantitative estimate of drug-likeness (QED) is 0.762. The predicted octanol–water partition coefficient (Wildman–Crippen LogP) is 5.31. The summed E-state index contributed by atoms with van der Waals surface area (Å²) in [5, 5.41) is 9.42. The lowest BCUT2D eigenvalue weighted by molar-refractivity contribution is 0.335. The fourth-order valence-corrected chi connectivity index (χ4v) is 3.28.